The quantitative estimate of drug-likeness (QED) is 0.375. The second kappa shape index (κ2) is 13.1. The summed E-state index contributed by atoms with van der Waals surface area (Å²) in [6, 6.07) is 21.4. The van der Waals surface area contributed by atoms with Crippen molar-refractivity contribution in [2.45, 2.75) is 44.7 Å². The van der Waals surface area contributed by atoms with E-state index in [1.165, 1.54) is 24.1 Å². The summed E-state index contributed by atoms with van der Waals surface area (Å²) in [5.41, 5.74) is 2.20. The topological polar surface area (TPSA) is 96.0 Å². The summed E-state index contributed by atoms with van der Waals surface area (Å²) in [5, 5.41) is 2.63. The van der Waals surface area contributed by atoms with Crippen molar-refractivity contribution in [1.29, 1.82) is 0 Å². The zero-order chi connectivity index (χ0) is 27.7. The van der Waals surface area contributed by atoms with Crippen molar-refractivity contribution in [1.82, 2.24) is 10.2 Å². The number of para-hydroxylation sites is 1. The molecule has 0 aliphatic rings. The Balaban J connectivity index is 2.03. The van der Waals surface area contributed by atoms with E-state index in [0.29, 0.717) is 24.5 Å². The summed E-state index contributed by atoms with van der Waals surface area (Å²) in [7, 11) is -2.60. The molecule has 0 spiro atoms. The highest BCUT2D eigenvalue weighted by Crippen LogP contribution is 2.26. The molecule has 202 valence electrons. The predicted molar refractivity (Wildman–Crippen MR) is 148 cm³/mol. The lowest BCUT2D eigenvalue weighted by atomic mass is 10.1. The first-order valence-corrected chi connectivity index (χ1v) is 14.0. The molecule has 0 aromatic heterocycles. The number of hydrogen-bond donors (Lipinski definition) is 1. The zero-order valence-corrected chi connectivity index (χ0v) is 23.1. The minimum atomic E-state index is -4.12. The third-order valence-corrected chi connectivity index (χ3v) is 8.07. The van der Waals surface area contributed by atoms with Crippen LogP contribution in [0.2, 0.25) is 0 Å². The number of likely N-dealkylation sites (N-methyl/N-ethyl adjacent to an activating group) is 1. The van der Waals surface area contributed by atoms with E-state index < -0.39 is 28.5 Å². The zero-order valence-electron chi connectivity index (χ0n) is 22.3. The number of ether oxygens (including phenoxy) is 1. The molecule has 3 rings (SSSR count). The van der Waals surface area contributed by atoms with Crippen molar-refractivity contribution in [2.24, 2.45) is 0 Å². The summed E-state index contributed by atoms with van der Waals surface area (Å²) >= 11 is 0. The molecule has 0 fully saturated rings. The molecule has 1 atom stereocenters. The van der Waals surface area contributed by atoms with E-state index >= 15 is 0 Å². The van der Waals surface area contributed by atoms with Crippen LogP contribution in [0.1, 0.15) is 31.4 Å². The lowest BCUT2D eigenvalue weighted by Gasteiger charge is -2.33. The Kier molecular flexibility index (Phi) is 9.90. The maximum absolute atomic E-state index is 13.9. The molecular formula is C29H35N3O5S. The van der Waals surface area contributed by atoms with E-state index in [1.54, 1.807) is 42.5 Å². The van der Waals surface area contributed by atoms with Crippen LogP contribution < -0.4 is 14.4 Å². The highest BCUT2D eigenvalue weighted by molar-refractivity contribution is 7.92. The molecule has 0 aliphatic heterocycles. The average Bonchev–Trinajstić information content (AvgIpc) is 2.93. The number of sulfonamides is 1. The fraction of sp³-hybridized carbons (Fsp3) is 0.310. The van der Waals surface area contributed by atoms with Gasteiger partial charge in [-0.15, -0.1) is 0 Å². The smallest absolute Gasteiger partial charge is 0.264 e. The molecule has 0 saturated carbocycles. The van der Waals surface area contributed by atoms with E-state index in [9.17, 15) is 18.0 Å². The van der Waals surface area contributed by atoms with Crippen LogP contribution >= 0.6 is 0 Å². The molecular weight excluding hydrogens is 502 g/mol. The SMILES string of the molecule is CCOc1ccc(S(=O)(=O)N(CC(=O)N(Cc2ccccc2C)[C@@H](CC)C(=O)NC)c2ccccc2)cc1. The van der Waals surface area contributed by atoms with Gasteiger partial charge in [-0.25, -0.2) is 8.42 Å². The van der Waals surface area contributed by atoms with Gasteiger partial charge in [0.1, 0.15) is 18.3 Å². The van der Waals surface area contributed by atoms with Crippen molar-refractivity contribution in [2.75, 3.05) is 24.5 Å². The number of carbonyl (C=O) groups excluding carboxylic acids is 2. The minimum Gasteiger partial charge on any atom is -0.494 e. The molecule has 0 aliphatic carbocycles. The van der Waals surface area contributed by atoms with Crippen LogP contribution in [0.5, 0.6) is 5.75 Å². The molecule has 1 N–H and O–H groups in total. The number of benzene rings is 3. The number of rotatable bonds is 12. The Morgan fingerprint density at radius 2 is 1.55 bits per heavy atom. The third kappa shape index (κ3) is 6.72. The van der Waals surface area contributed by atoms with E-state index in [2.05, 4.69) is 5.32 Å². The first-order chi connectivity index (χ1) is 18.2. The maximum atomic E-state index is 13.9. The summed E-state index contributed by atoms with van der Waals surface area (Å²) in [5.74, 6) is -0.244. The van der Waals surface area contributed by atoms with Gasteiger partial charge in [0.15, 0.2) is 0 Å². The first-order valence-electron chi connectivity index (χ1n) is 12.6. The van der Waals surface area contributed by atoms with Gasteiger partial charge in [0.25, 0.3) is 10.0 Å². The molecule has 0 saturated heterocycles. The van der Waals surface area contributed by atoms with Gasteiger partial charge in [0, 0.05) is 13.6 Å². The number of carbonyl (C=O) groups is 2. The van der Waals surface area contributed by atoms with Gasteiger partial charge in [0.2, 0.25) is 11.8 Å². The van der Waals surface area contributed by atoms with Crippen LogP contribution in [-0.4, -0.2) is 51.4 Å². The Labute approximate surface area is 225 Å². The molecule has 38 heavy (non-hydrogen) atoms. The summed E-state index contributed by atoms with van der Waals surface area (Å²) < 4.78 is 34.2. The molecule has 3 aromatic rings. The number of amides is 2. The fourth-order valence-corrected chi connectivity index (χ4v) is 5.60. The highest BCUT2D eigenvalue weighted by atomic mass is 32.2. The van der Waals surface area contributed by atoms with Crippen molar-refractivity contribution in [3.05, 3.63) is 90.0 Å². The van der Waals surface area contributed by atoms with Crippen LogP contribution in [0.4, 0.5) is 5.69 Å². The molecule has 2 amide bonds. The standard InChI is InChI=1S/C29H35N3O5S/c1-5-27(29(34)30-4)31(20-23-13-11-10-12-22(23)3)28(33)21-32(24-14-8-7-9-15-24)38(35,36)26-18-16-25(17-19-26)37-6-2/h7-19,27H,5-6,20-21H2,1-4H3,(H,30,34)/t27-/m0/s1. The summed E-state index contributed by atoms with van der Waals surface area (Å²) in [6.07, 6.45) is 0.369. The van der Waals surface area contributed by atoms with Gasteiger partial charge in [-0.1, -0.05) is 49.4 Å². The van der Waals surface area contributed by atoms with E-state index in [0.717, 1.165) is 15.4 Å². The normalized spacial score (nSPS) is 11.9. The second-order valence-electron chi connectivity index (χ2n) is 8.74. The maximum Gasteiger partial charge on any atom is 0.264 e. The van der Waals surface area contributed by atoms with Gasteiger partial charge in [-0.2, -0.15) is 0 Å². The number of aryl methyl sites for hydroxylation is 1. The molecule has 0 radical (unpaired) electrons. The summed E-state index contributed by atoms with van der Waals surface area (Å²) in [4.78, 5) is 28.2. The van der Waals surface area contributed by atoms with Crippen molar-refractivity contribution in [3.63, 3.8) is 0 Å². The average molecular weight is 538 g/mol. The van der Waals surface area contributed by atoms with Crippen LogP contribution in [0.15, 0.2) is 83.8 Å². The van der Waals surface area contributed by atoms with E-state index in [-0.39, 0.29) is 17.3 Å². The lowest BCUT2D eigenvalue weighted by molar-refractivity contribution is -0.140. The van der Waals surface area contributed by atoms with Gasteiger partial charge in [-0.05, 0) is 67.8 Å². The van der Waals surface area contributed by atoms with Crippen molar-refractivity contribution >= 4 is 27.5 Å². The van der Waals surface area contributed by atoms with Gasteiger partial charge < -0.3 is 15.0 Å². The second-order valence-corrected chi connectivity index (χ2v) is 10.6. The molecule has 0 unspecified atom stereocenters. The fourth-order valence-electron chi connectivity index (χ4n) is 4.18. The number of nitrogens with zero attached hydrogens (tertiary/aromatic N) is 2. The van der Waals surface area contributed by atoms with Crippen LogP contribution in [0.25, 0.3) is 0 Å². The monoisotopic (exact) mass is 537 g/mol. The predicted octanol–water partition coefficient (Wildman–Crippen LogP) is 4.14. The summed E-state index contributed by atoms with van der Waals surface area (Å²) in [6.45, 7) is 5.76. The van der Waals surface area contributed by atoms with Crippen LogP contribution in [-0.2, 0) is 26.2 Å². The van der Waals surface area contributed by atoms with E-state index in [4.69, 9.17) is 4.74 Å². The molecule has 8 nitrogen and oxygen atoms in total. The molecule has 3 aromatic carbocycles. The number of nitrogens with one attached hydrogen (secondary N) is 1. The van der Waals surface area contributed by atoms with Gasteiger partial charge in [0.05, 0.1) is 17.2 Å². The minimum absolute atomic E-state index is 0.0291. The third-order valence-electron chi connectivity index (χ3n) is 6.28. The molecule has 0 bridgehead atoms. The van der Waals surface area contributed by atoms with Gasteiger partial charge in [-0.3, -0.25) is 13.9 Å². The Morgan fingerprint density at radius 3 is 2.13 bits per heavy atom. The van der Waals surface area contributed by atoms with Crippen LogP contribution in [0.3, 0.4) is 0 Å². The lowest BCUT2D eigenvalue weighted by Crippen LogP contribution is -2.51. The number of hydrogen-bond acceptors (Lipinski definition) is 5. The Morgan fingerprint density at radius 1 is 0.921 bits per heavy atom. The Bertz CT molecular complexity index is 1330. The van der Waals surface area contributed by atoms with Crippen molar-refractivity contribution < 1.29 is 22.7 Å². The first kappa shape index (κ1) is 28.7. The van der Waals surface area contributed by atoms with Crippen LogP contribution in [0, 0.1) is 6.92 Å². The largest absolute Gasteiger partial charge is 0.494 e. The highest BCUT2D eigenvalue weighted by Gasteiger charge is 2.33. The Hall–Kier alpha value is -3.85. The van der Waals surface area contributed by atoms with Crippen molar-refractivity contribution in [3.8, 4) is 5.75 Å². The van der Waals surface area contributed by atoms with Gasteiger partial charge >= 0.3 is 0 Å². The van der Waals surface area contributed by atoms with E-state index in [1.807, 2.05) is 45.0 Å². The number of anilines is 1. The molecule has 9 heteroatoms. The molecule has 0 heterocycles.